The molecule has 0 atom stereocenters. The van der Waals surface area contributed by atoms with Crippen LogP contribution in [0.5, 0.6) is 0 Å². The number of hydrogen-bond donors (Lipinski definition) is 0. The SMILES string of the molecule is c1ccc2c(c1)cc1c3cccc4cc5ccc6ccc7ccc8cc2c1c1c8c7c6c5c1c43. The van der Waals surface area contributed by atoms with Gasteiger partial charge in [0.05, 0.1) is 0 Å². The highest BCUT2D eigenvalue weighted by molar-refractivity contribution is 6.52. The van der Waals surface area contributed by atoms with Crippen molar-refractivity contribution in [3.63, 3.8) is 0 Å². The smallest absolute Gasteiger partial charge is 0.0000929 e. The molecule has 10 rings (SSSR count). The van der Waals surface area contributed by atoms with Crippen molar-refractivity contribution in [2.24, 2.45) is 0 Å². The van der Waals surface area contributed by atoms with Crippen LogP contribution in [0.15, 0.2) is 97.1 Å². The fourth-order valence-electron chi connectivity index (χ4n) is 7.32. The molecule has 10 aromatic carbocycles. The van der Waals surface area contributed by atoms with Crippen LogP contribution in [0.1, 0.15) is 0 Å². The molecule has 0 saturated heterocycles. The Hall–Kier alpha value is -4.42. The van der Waals surface area contributed by atoms with Crippen LogP contribution >= 0.6 is 0 Å². The first-order valence-electron chi connectivity index (χ1n) is 12.0. The summed E-state index contributed by atoms with van der Waals surface area (Å²) in [6.07, 6.45) is 0. The maximum absolute atomic E-state index is 2.46. The van der Waals surface area contributed by atoms with E-state index in [1.54, 1.807) is 0 Å². The quantitative estimate of drug-likeness (QED) is 0.168. The summed E-state index contributed by atoms with van der Waals surface area (Å²) in [5.74, 6) is 0. The summed E-state index contributed by atoms with van der Waals surface area (Å²) in [5, 5.41) is 25.0. The van der Waals surface area contributed by atoms with Crippen LogP contribution in [0.25, 0.3) is 97.0 Å². The number of rotatable bonds is 0. The third-order valence-electron chi connectivity index (χ3n) is 8.57. The van der Waals surface area contributed by atoms with Gasteiger partial charge in [-0.3, -0.25) is 0 Å². The zero-order chi connectivity index (χ0) is 21.7. The second kappa shape index (κ2) is 5.05. The van der Waals surface area contributed by atoms with Crippen LogP contribution in [0.3, 0.4) is 0 Å². The van der Waals surface area contributed by atoms with Gasteiger partial charge in [0, 0.05) is 0 Å². The van der Waals surface area contributed by atoms with E-state index in [0.717, 1.165) is 0 Å². The molecule has 0 aromatic heterocycles. The first-order valence-corrected chi connectivity index (χ1v) is 12.0. The van der Waals surface area contributed by atoms with E-state index in [4.69, 9.17) is 0 Å². The minimum absolute atomic E-state index is 1.32. The zero-order valence-electron chi connectivity index (χ0n) is 18.2. The molecule has 0 heteroatoms. The van der Waals surface area contributed by atoms with Gasteiger partial charge in [-0.2, -0.15) is 0 Å². The monoisotopic (exact) mass is 424 g/mol. The molecule has 0 nitrogen and oxygen atoms in total. The van der Waals surface area contributed by atoms with Gasteiger partial charge in [-0.15, -0.1) is 0 Å². The van der Waals surface area contributed by atoms with Crippen molar-refractivity contribution in [2.45, 2.75) is 0 Å². The summed E-state index contributed by atoms with van der Waals surface area (Å²) in [6.45, 7) is 0. The molecule has 0 N–H and O–H groups in total. The first kappa shape index (κ1) is 16.2. The normalized spacial score (nSPS) is 13.3. The fourth-order valence-corrected chi connectivity index (χ4v) is 7.32. The van der Waals surface area contributed by atoms with Gasteiger partial charge in [-0.05, 0) is 115 Å². The molecule has 0 aliphatic rings. The Morgan fingerprint density at radius 1 is 0.235 bits per heavy atom. The van der Waals surface area contributed by atoms with E-state index in [1.165, 1.54) is 97.0 Å². The van der Waals surface area contributed by atoms with Crippen molar-refractivity contribution in [3.05, 3.63) is 97.1 Å². The molecular weight excluding hydrogens is 408 g/mol. The van der Waals surface area contributed by atoms with Crippen molar-refractivity contribution >= 4 is 97.0 Å². The molecule has 0 aliphatic carbocycles. The van der Waals surface area contributed by atoms with Crippen molar-refractivity contribution in [3.8, 4) is 0 Å². The van der Waals surface area contributed by atoms with E-state index in [1.807, 2.05) is 0 Å². The predicted octanol–water partition coefficient (Wildman–Crippen LogP) is 9.82. The molecule has 0 aliphatic heterocycles. The minimum atomic E-state index is 1.32. The van der Waals surface area contributed by atoms with Gasteiger partial charge in [0.25, 0.3) is 0 Å². The van der Waals surface area contributed by atoms with E-state index in [-0.39, 0.29) is 0 Å². The minimum Gasteiger partial charge on any atom is -0.0616 e. The Kier molecular flexibility index (Phi) is 2.41. The predicted molar refractivity (Wildman–Crippen MR) is 149 cm³/mol. The van der Waals surface area contributed by atoms with Gasteiger partial charge in [0.2, 0.25) is 0 Å². The fraction of sp³-hybridized carbons (Fsp3) is 0. The van der Waals surface area contributed by atoms with Crippen molar-refractivity contribution in [1.29, 1.82) is 0 Å². The van der Waals surface area contributed by atoms with Crippen LogP contribution < -0.4 is 0 Å². The van der Waals surface area contributed by atoms with Crippen LogP contribution in [-0.4, -0.2) is 0 Å². The summed E-state index contributed by atoms with van der Waals surface area (Å²) in [5.41, 5.74) is 0. The molecule has 0 amide bonds. The zero-order valence-corrected chi connectivity index (χ0v) is 18.2. The third-order valence-corrected chi connectivity index (χ3v) is 8.57. The summed E-state index contributed by atoms with van der Waals surface area (Å²) in [7, 11) is 0. The van der Waals surface area contributed by atoms with Gasteiger partial charge in [-0.25, -0.2) is 0 Å². The van der Waals surface area contributed by atoms with Gasteiger partial charge in [0.1, 0.15) is 0 Å². The summed E-state index contributed by atoms with van der Waals surface area (Å²) in [4.78, 5) is 0. The standard InChI is InChI=1S/C34H16/c1-2-6-23-19(4-1)15-26-24-7-3-5-20-14-21-12-10-17-8-9-18-11-13-22-16-25(23)32(26)34-31(22)29(18)28(17)30(21)33(34)27(20)24/h1-16H. The van der Waals surface area contributed by atoms with Gasteiger partial charge in [0.15, 0.2) is 0 Å². The average Bonchev–Trinajstić information content (AvgIpc) is 2.89. The molecular formula is C34H16. The molecule has 0 radical (unpaired) electrons. The molecule has 0 bridgehead atoms. The molecule has 0 saturated carbocycles. The first-order chi connectivity index (χ1) is 16.9. The Balaban J connectivity index is 1.77. The molecule has 0 spiro atoms. The highest BCUT2D eigenvalue weighted by Crippen LogP contribution is 2.53. The topological polar surface area (TPSA) is 0 Å². The van der Waals surface area contributed by atoms with E-state index < -0.39 is 0 Å². The third kappa shape index (κ3) is 1.57. The Bertz CT molecular complexity index is 2420. The molecule has 0 fully saturated rings. The lowest BCUT2D eigenvalue weighted by Gasteiger charge is -2.24. The van der Waals surface area contributed by atoms with Crippen molar-refractivity contribution in [1.82, 2.24) is 0 Å². The highest BCUT2D eigenvalue weighted by Gasteiger charge is 2.24. The lowest BCUT2D eigenvalue weighted by atomic mass is 9.78. The molecule has 34 heavy (non-hydrogen) atoms. The number of hydrogen-bond acceptors (Lipinski definition) is 0. The van der Waals surface area contributed by atoms with Crippen molar-refractivity contribution < 1.29 is 0 Å². The van der Waals surface area contributed by atoms with Crippen LogP contribution in [0, 0.1) is 0 Å². The van der Waals surface area contributed by atoms with Crippen LogP contribution in [-0.2, 0) is 0 Å². The maximum atomic E-state index is 2.46. The molecule has 0 unspecified atom stereocenters. The number of fused-ring (bicyclic) bond motifs is 3. The second-order valence-corrected chi connectivity index (χ2v) is 10.1. The van der Waals surface area contributed by atoms with Gasteiger partial charge >= 0.3 is 0 Å². The Morgan fingerprint density at radius 3 is 1.53 bits per heavy atom. The Labute approximate surface area is 193 Å². The summed E-state index contributed by atoms with van der Waals surface area (Å²) >= 11 is 0. The lowest BCUT2D eigenvalue weighted by Crippen LogP contribution is -1.95. The van der Waals surface area contributed by atoms with E-state index in [2.05, 4.69) is 97.1 Å². The lowest BCUT2D eigenvalue weighted by molar-refractivity contribution is 1.80. The van der Waals surface area contributed by atoms with E-state index in [9.17, 15) is 0 Å². The highest BCUT2D eigenvalue weighted by atomic mass is 14.3. The van der Waals surface area contributed by atoms with E-state index in [0.29, 0.717) is 0 Å². The van der Waals surface area contributed by atoms with Crippen molar-refractivity contribution in [2.75, 3.05) is 0 Å². The Morgan fingerprint density at radius 2 is 0.735 bits per heavy atom. The molecule has 10 aromatic rings. The van der Waals surface area contributed by atoms with Gasteiger partial charge in [-0.1, -0.05) is 78.9 Å². The van der Waals surface area contributed by atoms with E-state index >= 15 is 0 Å². The maximum Gasteiger partial charge on any atom is -0.0000929 e. The summed E-state index contributed by atoms with van der Waals surface area (Å²) < 4.78 is 0. The second-order valence-electron chi connectivity index (χ2n) is 10.1. The average molecular weight is 425 g/mol. The molecule has 0 heterocycles. The van der Waals surface area contributed by atoms with Crippen LogP contribution in [0.4, 0.5) is 0 Å². The van der Waals surface area contributed by atoms with Crippen LogP contribution in [0.2, 0.25) is 0 Å². The number of benzene rings is 10. The molecule has 152 valence electrons. The summed E-state index contributed by atoms with van der Waals surface area (Å²) in [6, 6.07) is 37.0. The van der Waals surface area contributed by atoms with Gasteiger partial charge < -0.3 is 0 Å². The largest absolute Gasteiger partial charge is 0.0616 e.